The molecule has 114 valence electrons. The molecule has 1 N–H and O–H groups in total. The highest BCUT2D eigenvalue weighted by atomic mass is 35.5. The highest BCUT2D eigenvalue weighted by molar-refractivity contribution is 6.31. The maximum Gasteiger partial charge on any atom is 0.254 e. The Bertz CT molecular complexity index is 859. The molecule has 0 unspecified atom stereocenters. The van der Waals surface area contributed by atoms with E-state index in [-0.39, 0.29) is 0 Å². The fourth-order valence-electron chi connectivity index (χ4n) is 2.24. The molecule has 0 radical (unpaired) electrons. The molecule has 7 heteroatoms. The molecule has 0 amide bonds. The summed E-state index contributed by atoms with van der Waals surface area (Å²) in [4.78, 5) is 8.55. The van der Waals surface area contributed by atoms with Gasteiger partial charge in [-0.2, -0.15) is 14.6 Å². The third-order valence-corrected chi connectivity index (χ3v) is 4.05. The molecule has 1 aromatic carbocycles. The molecule has 0 aliphatic heterocycles. The predicted octanol–water partition coefficient (Wildman–Crippen LogP) is 3.46. The fourth-order valence-corrected chi connectivity index (χ4v) is 2.39. The lowest BCUT2D eigenvalue weighted by Crippen LogP contribution is -2.07. The maximum atomic E-state index is 6.16. The SMILES string of the molecule is COc1cc(Cl)c(C)cc1Nc1c(C)c(C)nc2ncnn12. The number of anilines is 2. The number of benzene rings is 1. The maximum absolute atomic E-state index is 6.16. The van der Waals surface area contributed by atoms with E-state index in [1.54, 1.807) is 17.7 Å². The van der Waals surface area contributed by atoms with Crippen molar-refractivity contribution in [2.75, 3.05) is 12.4 Å². The quantitative estimate of drug-likeness (QED) is 0.801. The first-order valence-corrected chi connectivity index (χ1v) is 7.17. The van der Waals surface area contributed by atoms with Gasteiger partial charge in [-0.1, -0.05) is 11.6 Å². The van der Waals surface area contributed by atoms with Crippen LogP contribution in [0.15, 0.2) is 18.5 Å². The molecule has 3 rings (SSSR count). The summed E-state index contributed by atoms with van der Waals surface area (Å²) in [5, 5.41) is 8.26. The van der Waals surface area contributed by atoms with Crippen LogP contribution >= 0.6 is 11.6 Å². The van der Waals surface area contributed by atoms with Crippen molar-refractivity contribution in [3.05, 3.63) is 40.3 Å². The van der Waals surface area contributed by atoms with Crippen LogP contribution in [-0.2, 0) is 0 Å². The molecule has 22 heavy (non-hydrogen) atoms. The first kappa shape index (κ1) is 14.6. The zero-order valence-electron chi connectivity index (χ0n) is 12.8. The van der Waals surface area contributed by atoms with Crippen LogP contribution < -0.4 is 10.1 Å². The Morgan fingerprint density at radius 1 is 1.23 bits per heavy atom. The Morgan fingerprint density at radius 2 is 2.00 bits per heavy atom. The molecule has 2 aromatic heterocycles. The second kappa shape index (κ2) is 5.46. The number of ether oxygens (including phenoxy) is 1. The average Bonchev–Trinajstić information content (AvgIpc) is 2.94. The van der Waals surface area contributed by atoms with Crippen LogP contribution in [0, 0.1) is 20.8 Å². The van der Waals surface area contributed by atoms with Crippen molar-refractivity contribution in [1.29, 1.82) is 0 Å². The number of rotatable bonds is 3. The number of hydrogen-bond donors (Lipinski definition) is 1. The molecular weight excluding hydrogens is 302 g/mol. The predicted molar refractivity (Wildman–Crippen MR) is 86.3 cm³/mol. The molecule has 0 atom stereocenters. The number of hydrogen-bond acceptors (Lipinski definition) is 5. The van der Waals surface area contributed by atoms with Crippen LogP contribution in [0.25, 0.3) is 5.78 Å². The largest absolute Gasteiger partial charge is 0.495 e. The minimum absolute atomic E-state index is 0.551. The lowest BCUT2D eigenvalue weighted by atomic mass is 10.2. The van der Waals surface area contributed by atoms with Crippen LogP contribution in [0.5, 0.6) is 5.75 Å². The number of methoxy groups -OCH3 is 1. The third kappa shape index (κ3) is 2.35. The molecule has 0 saturated heterocycles. The van der Waals surface area contributed by atoms with Gasteiger partial charge in [0.15, 0.2) is 0 Å². The van der Waals surface area contributed by atoms with E-state index in [1.165, 1.54) is 6.33 Å². The van der Waals surface area contributed by atoms with Crippen molar-refractivity contribution in [1.82, 2.24) is 19.6 Å². The van der Waals surface area contributed by atoms with Crippen LogP contribution in [0.1, 0.15) is 16.8 Å². The molecule has 3 aromatic rings. The highest BCUT2D eigenvalue weighted by Crippen LogP contribution is 2.34. The van der Waals surface area contributed by atoms with Gasteiger partial charge in [-0.3, -0.25) is 0 Å². The van der Waals surface area contributed by atoms with E-state index in [4.69, 9.17) is 16.3 Å². The van der Waals surface area contributed by atoms with Gasteiger partial charge in [0.2, 0.25) is 0 Å². The van der Waals surface area contributed by atoms with Crippen molar-refractivity contribution >= 4 is 28.9 Å². The summed E-state index contributed by atoms with van der Waals surface area (Å²) >= 11 is 6.16. The zero-order chi connectivity index (χ0) is 15.9. The smallest absolute Gasteiger partial charge is 0.254 e. The first-order valence-electron chi connectivity index (χ1n) is 6.79. The van der Waals surface area contributed by atoms with Gasteiger partial charge in [-0.05, 0) is 32.4 Å². The molecule has 0 bridgehead atoms. The molecule has 0 aliphatic carbocycles. The van der Waals surface area contributed by atoms with Crippen molar-refractivity contribution in [3.8, 4) is 5.75 Å². The topological polar surface area (TPSA) is 64.3 Å². The van der Waals surface area contributed by atoms with E-state index in [9.17, 15) is 0 Å². The van der Waals surface area contributed by atoms with Gasteiger partial charge in [0.1, 0.15) is 17.9 Å². The Balaban J connectivity index is 2.16. The van der Waals surface area contributed by atoms with Gasteiger partial charge >= 0.3 is 0 Å². The minimum Gasteiger partial charge on any atom is -0.495 e. The normalized spacial score (nSPS) is 11.0. The molecule has 0 saturated carbocycles. The molecule has 0 spiro atoms. The summed E-state index contributed by atoms with van der Waals surface area (Å²) < 4.78 is 7.08. The first-order chi connectivity index (χ1) is 10.5. The Morgan fingerprint density at radius 3 is 2.73 bits per heavy atom. The number of halogens is 1. The van der Waals surface area contributed by atoms with E-state index in [1.807, 2.05) is 26.8 Å². The van der Waals surface area contributed by atoms with Crippen LogP contribution in [0.2, 0.25) is 5.02 Å². The summed E-state index contributed by atoms with van der Waals surface area (Å²) in [6, 6.07) is 3.74. The van der Waals surface area contributed by atoms with Crippen molar-refractivity contribution in [2.24, 2.45) is 0 Å². The van der Waals surface area contributed by atoms with Crippen molar-refractivity contribution in [2.45, 2.75) is 20.8 Å². The van der Waals surface area contributed by atoms with Gasteiger partial charge < -0.3 is 10.1 Å². The van der Waals surface area contributed by atoms with Crippen molar-refractivity contribution < 1.29 is 4.74 Å². The molecule has 0 fully saturated rings. The van der Waals surface area contributed by atoms with Gasteiger partial charge in [-0.15, -0.1) is 0 Å². The molecule has 2 heterocycles. The molecule has 6 nitrogen and oxygen atoms in total. The standard InChI is InChI=1S/C15H16ClN5O/c1-8-5-12(13(22-4)6-11(8)16)20-14-9(2)10(3)19-15-17-7-18-21(14)15/h5-7,20H,1-4H3. The average molecular weight is 318 g/mol. The number of aromatic nitrogens is 4. The summed E-state index contributed by atoms with van der Waals surface area (Å²) in [7, 11) is 1.61. The summed E-state index contributed by atoms with van der Waals surface area (Å²) in [5.74, 6) is 2.02. The second-order valence-corrected chi connectivity index (χ2v) is 5.48. The van der Waals surface area contributed by atoms with Crippen LogP contribution in [0.3, 0.4) is 0 Å². The van der Waals surface area contributed by atoms with E-state index in [2.05, 4.69) is 20.4 Å². The number of fused-ring (bicyclic) bond motifs is 1. The van der Waals surface area contributed by atoms with Crippen LogP contribution in [-0.4, -0.2) is 26.7 Å². The molecule has 0 aliphatic rings. The van der Waals surface area contributed by atoms with Gasteiger partial charge in [0.25, 0.3) is 5.78 Å². The second-order valence-electron chi connectivity index (χ2n) is 5.07. The van der Waals surface area contributed by atoms with E-state index in [0.29, 0.717) is 16.5 Å². The monoisotopic (exact) mass is 317 g/mol. The lowest BCUT2D eigenvalue weighted by Gasteiger charge is -2.16. The Kier molecular flexibility index (Phi) is 3.62. The van der Waals surface area contributed by atoms with Gasteiger partial charge in [-0.25, -0.2) is 4.98 Å². The highest BCUT2D eigenvalue weighted by Gasteiger charge is 2.14. The summed E-state index contributed by atoms with van der Waals surface area (Å²) in [6.45, 7) is 5.88. The van der Waals surface area contributed by atoms with Gasteiger partial charge in [0.05, 0.1) is 12.8 Å². The minimum atomic E-state index is 0.551. The van der Waals surface area contributed by atoms with E-state index >= 15 is 0 Å². The summed E-state index contributed by atoms with van der Waals surface area (Å²) in [5.41, 5.74) is 3.67. The fraction of sp³-hybridized carbons (Fsp3) is 0.267. The van der Waals surface area contributed by atoms with Crippen molar-refractivity contribution in [3.63, 3.8) is 0 Å². The third-order valence-electron chi connectivity index (χ3n) is 3.64. The van der Waals surface area contributed by atoms with E-state index in [0.717, 1.165) is 28.3 Å². The Labute approximate surface area is 133 Å². The number of aryl methyl sites for hydroxylation is 2. The number of nitrogens with one attached hydrogen (secondary N) is 1. The summed E-state index contributed by atoms with van der Waals surface area (Å²) in [6.07, 6.45) is 1.48. The number of nitrogens with zero attached hydrogens (tertiary/aromatic N) is 4. The lowest BCUT2D eigenvalue weighted by molar-refractivity contribution is 0.416. The molecular formula is C15H16ClN5O. The van der Waals surface area contributed by atoms with Gasteiger partial charge in [0, 0.05) is 22.3 Å². The zero-order valence-corrected chi connectivity index (χ0v) is 13.6. The van der Waals surface area contributed by atoms with E-state index < -0.39 is 0 Å². The Hall–Kier alpha value is -2.34. The van der Waals surface area contributed by atoms with Crippen LogP contribution in [0.4, 0.5) is 11.5 Å².